The molecule has 5 nitrogen and oxygen atoms in total. The highest BCUT2D eigenvalue weighted by atomic mass is 35.5. The number of carbonyl (C=O) groups excluding carboxylic acids is 2. The average molecular weight is 407 g/mol. The number of carbonyl (C=O) groups is 2. The number of rotatable bonds is 4. The Morgan fingerprint density at radius 3 is 2.74 bits per heavy atom. The zero-order valence-corrected chi connectivity index (χ0v) is 16.6. The van der Waals surface area contributed by atoms with Gasteiger partial charge in [0.1, 0.15) is 11.8 Å². The maximum Gasteiger partial charge on any atom is 0.258 e. The van der Waals surface area contributed by atoms with Gasteiger partial charge >= 0.3 is 0 Å². The Balaban J connectivity index is 1.83. The molecular weight excluding hydrogens is 387 g/mol. The van der Waals surface area contributed by atoms with Crippen molar-refractivity contribution < 1.29 is 14.3 Å². The van der Waals surface area contributed by atoms with Crippen LogP contribution in [0.25, 0.3) is 0 Å². The molecule has 1 aliphatic rings. The van der Waals surface area contributed by atoms with E-state index in [1.807, 2.05) is 6.92 Å². The number of methoxy groups -OCH3 is 1. The molecule has 1 aliphatic heterocycles. The largest absolute Gasteiger partial charge is 0.496 e. The van der Waals surface area contributed by atoms with E-state index in [2.05, 4.69) is 5.32 Å². The minimum atomic E-state index is -0.556. The number of benzene rings is 2. The molecule has 1 N–H and O–H groups in total. The zero-order valence-electron chi connectivity index (χ0n) is 15.1. The van der Waals surface area contributed by atoms with Crippen molar-refractivity contribution in [3.05, 3.63) is 57.6 Å². The summed E-state index contributed by atoms with van der Waals surface area (Å²) in [6, 6.07) is 9.66. The minimum Gasteiger partial charge on any atom is -0.496 e. The Morgan fingerprint density at radius 2 is 2.00 bits per heavy atom. The predicted molar refractivity (Wildman–Crippen MR) is 107 cm³/mol. The van der Waals surface area contributed by atoms with Crippen molar-refractivity contribution in [1.82, 2.24) is 4.90 Å². The Hall–Kier alpha value is -2.24. The van der Waals surface area contributed by atoms with Gasteiger partial charge in [0.15, 0.2) is 0 Å². The van der Waals surface area contributed by atoms with Crippen molar-refractivity contribution in [1.29, 1.82) is 0 Å². The van der Waals surface area contributed by atoms with Gasteiger partial charge in [-0.15, -0.1) is 0 Å². The SMILES string of the molecule is COc1ccc(Cl)cc1C(=O)N1CCCC1C(=O)Nc1cccc(Cl)c1C. The Kier molecular flexibility index (Phi) is 5.92. The Labute approximate surface area is 168 Å². The summed E-state index contributed by atoms with van der Waals surface area (Å²) in [6.45, 7) is 2.34. The van der Waals surface area contributed by atoms with Crippen LogP contribution in [0.4, 0.5) is 5.69 Å². The second kappa shape index (κ2) is 8.19. The van der Waals surface area contributed by atoms with E-state index in [4.69, 9.17) is 27.9 Å². The summed E-state index contributed by atoms with van der Waals surface area (Å²) in [7, 11) is 1.50. The molecule has 2 aromatic carbocycles. The lowest BCUT2D eigenvalue weighted by atomic mass is 10.1. The number of nitrogens with zero attached hydrogens (tertiary/aromatic N) is 1. The van der Waals surface area contributed by atoms with Crippen molar-refractivity contribution in [3.63, 3.8) is 0 Å². The van der Waals surface area contributed by atoms with Crippen LogP contribution >= 0.6 is 23.2 Å². The van der Waals surface area contributed by atoms with Crippen molar-refractivity contribution >= 4 is 40.7 Å². The molecule has 1 unspecified atom stereocenters. The first-order chi connectivity index (χ1) is 12.9. The molecular formula is C20H20Cl2N2O3. The van der Waals surface area contributed by atoms with E-state index >= 15 is 0 Å². The molecule has 0 radical (unpaired) electrons. The standard InChI is InChI=1S/C20H20Cl2N2O3/c1-12-15(22)5-3-6-16(12)23-19(25)17-7-4-10-24(17)20(26)14-11-13(21)8-9-18(14)27-2/h3,5-6,8-9,11,17H,4,7,10H2,1-2H3,(H,23,25). The summed E-state index contributed by atoms with van der Waals surface area (Å²) in [4.78, 5) is 27.5. The first kappa shape index (κ1) is 19.5. The van der Waals surface area contributed by atoms with Gasteiger partial charge in [-0.05, 0) is 55.7 Å². The average Bonchev–Trinajstić information content (AvgIpc) is 3.14. The minimum absolute atomic E-state index is 0.229. The fraction of sp³-hybridized carbons (Fsp3) is 0.300. The van der Waals surface area contributed by atoms with Crippen LogP contribution in [0.3, 0.4) is 0 Å². The molecule has 27 heavy (non-hydrogen) atoms. The lowest BCUT2D eigenvalue weighted by molar-refractivity contribution is -0.119. The van der Waals surface area contributed by atoms with Gasteiger partial charge < -0.3 is 15.0 Å². The van der Waals surface area contributed by atoms with Gasteiger partial charge in [-0.2, -0.15) is 0 Å². The number of hydrogen-bond acceptors (Lipinski definition) is 3. The third-order valence-electron chi connectivity index (χ3n) is 4.73. The molecule has 2 amide bonds. The van der Waals surface area contributed by atoms with Gasteiger partial charge in [0, 0.05) is 22.3 Å². The maximum atomic E-state index is 13.1. The highest BCUT2D eigenvalue weighted by Gasteiger charge is 2.35. The van der Waals surface area contributed by atoms with E-state index in [1.54, 1.807) is 41.3 Å². The smallest absolute Gasteiger partial charge is 0.258 e. The highest BCUT2D eigenvalue weighted by Crippen LogP contribution is 2.29. The van der Waals surface area contributed by atoms with Gasteiger partial charge in [-0.25, -0.2) is 0 Å². The van der Waals surface area contributed by atoms with Crippen LogP contribution in [-0.4, -0.2) is 36.4 Å². The summed E-state index contributed by atoms with van der Waals surface area (Å²) in [5.41, 5.74) is 1.79. The Bertz CT molecular complexity index is 886. The summed E-state index contributed by atoms with van der Waals surface area (Å²) in [6.07, 6.45) is 1.35. The predicted octanol–water partition coefficient (Wildman–Crippen LogP) is 4.55. The maximum absolute atomic E-state index is 13.1. The van der Waals surface area contributed by atoms with Crippen LogP contribution in [0.2, 0.25) is 10.0 Å². The molecule has 3 rings (SSSR count). The molecule has 1 fully saturated rings. The molecule has 1 atom stereocenters. The summed E-state index contributed by atoms with van der Waals surface area (Å²) < 4.78 is 5.28. The van der Waals surface area contributed by atoms with Gasteiger partial charge in [-0.3, -0.25) is 9.59 Å². The van der Waals surface area contributed by atoms with Crippen molar-refractivity contribution in [2.45, 2.75) is 25.8 Å². The number of anilines is 1. The molecule has 1 saturated heterocycles. The van der Waals surface area contributed by atoms with Gasteiger partial charge in [0.05, 0.1) is 12.7 Å². The molecule has 0 spiro atoms. The van der Waals surface area contributed by atoms with E-state index in [-0.39, 0.29) is 11.8 Å². The van der Waals surface area contributed by atoms with Crippen LogP contribution in [0, 0.1) is 6.92 Å². The molecule has 7 heteroatoms. The molecule has 142 valence electrons. The van der Waals surface area contributed by atoms with Crippen LogP contribution in [0.15, 0.2) is 36.4 Å². The zero-order chi connectivity index (χ0) is 19.6. The van der Waals surface area contributed by atoms with Crippen LogP contribution < -0.4 is 10.1 Å². The monoisotopic (exact) mass is 406 g/mol. The second-order valence-corrected chi connectivity index (χ2v) is 7.25. The number of hydrogen-bond donors (Lipinski definition) is 1. The molecule has 0 saturated carbocycles. The topological polar surface area (TPSA) is 58.6 Å². The third kappa shape index (κ3) is 4.04. The highest BCUT2D eigenvalue weighted by molar-refractivity contribution is 6.32. The molecule has 0 aromatic heterocycles. The van der Waals surface area contributed by atoms with Crippen molar-refractivity contribution in [2.24, 2.45) is 0 Å². The molecule has 0 bridgehead atoms. The first-order valence-corrected chi connectivity index (χ1v) is 9.38. The van der Waals surface area contributed by atoms with E-state index in [9.17, 15) is 9.59 Å². The van der Waals surface area contributed by atoms with Crippen LogP contribution in [0.5, 0.6) is 5.75 Å². The van der Waals surface area contributed by atoms with E-state index in [0.717, 1.165) is 12.0 Å². The number of amides is 2. The molecule has 1 heterocycles. The lowest BCUT2D eigenvalue weighted by Gasteiger charge is -2.25. The fourth-order valence-corrected chi connectivity index (χ4v) is 3.59. The molecule has 2 aromatic rings. The third-order valence-corrected chi connectivity index (χ3v) is 5.38. The summed E-state index contributed by atoms with van der Waals surface area (Å²) in [5, 5.41) is 3.91. The van der Waals surface area contributed by atoms with Crippen LogP contribution in [-0.2, 0) is 4.79 Å². The van der Waals surface area contributed by atoms with Gasteiger partial charge in [-0.1, -0.05) is 29.3 Å². The fourth-order valence-electron chi connectivity index (χ4n) is 3.24. The van der Waals surface area contributed by atoms with E-state index < -0.39 is 6.04 Å². The van der Waals surface area contributed by atoms with E-state index in [0.29, 0.717) is 40.0 Å². The van der Waals surface area contributed by atoms with Crippen molar-refractivity contribution in [3.8, 4) is 5.75 Å². The number of likely N-dealkylation sites (tertiary alicyclic amines) is 1. The number of ether oxygens (including phenoxy) is 1. The van der Waals surface area contributed by atoms with E-state index in [1.165, 1.54) is 7.11 Å². The van der Waals surface area contributed by atoms with Crippen LogP contribution in [0.1, 0.15) is 28.8 Å². The molecule has 0 aliphatic carbocycles. The normalized spacial score (nSPS) is 16.3. The Morgan fingerprint density at radius 1 is 1.22 bits per heavy atom. The summed E-state index contributed by atoms with van der Waals surface area (Å²) in [5.74, 6) is -0.0665. The quantitative estimate of drug-likeness (QED) is 0.809. The van der Waals surface area contributed by atoms with Crippen molar-refractivity contribution in [2.75, 3.05) is 19.0 Å². The first-order valence-electron chi connectivity index (χ1n) is 8.63. The number of nitrogens with one attached hydrogen (secondary N) is 1. The van der Waals surface area contributed by atoms with Gasteiger partial charge in [0.2, 0.25) is 5.91 Å². The van der Waals surface area contributed by atoms with Gasteiger partial charge in [0.25, 0.3) is 5.91 Å². The second-order valence-electron chi connectivity index (χ2n) is 6.40. The number of halogens is 2. The lowest BCUT2D eigenvalue weighted by Crippen LogP contribution is -2.43. The summed E-state index contributed by atoms with van der Waals surface area (Å²) >= 11 is 12.2.